The number of benzene rings is 2. The third-order valence-corrected chi connectivity index (χ3v) is 4.88. The molecule has 1 N–H and O–H groups in total. The molecule has 0 aliphatic carbocycles. The fraction of sp³-hybridized carbons (Fsp3) is 0.227. The summed E-state index contributed by atoms with van der Waals surface area (Å²) < 4.78 is 0. The number of likely N-dealkylation sites (tertiary alicyclic amines) is 1. The van der Waals surface area contributed by atoms with Crippen molar-refractivity contribution >= 4 is 28.4 Å². The summed E-state index contributed by atoms with van der Waals surface area (Å²) in [6.07, 6.45) is 4.13. The number of carbonyl (C=O) groups excluding carboxylic acids is 2. The third-order valence-electron chi connectivity index (χ3n) is 4.88. The van der Waals surface area contributed by atoms with Gasteiger partial charge in [0.1, 0.15) is 0 Å². The van der Waals surface area contributed by atoms with Crippen molar-refractivity contribution in [3.05, 3.63) is 71.9 Å². The Bertz CT molecular complexity index is 971. The molecule has 0 spiro atoms. The van der Waals surface area contributed by atoms with Crippen molar-refractivity contribution in [1.29, 1.82) is 0 Å². The van der Waals surface area contributed by atoms with E-state index in [1.807, 2.05) is 35.2 Å². The van der Waals surface area contributed by atoms with Gasteiger partial charge in [0.05, 0.1) is 11.9 Å². The number of fused-ring (bicyclic) bond motifs is 1. The van der Waals surface area contributed by atoms with Crippen molar-refractivity contribution in [2.24, 2.45) is 0 Å². The number of carbonyl (C=O) groups is 2. The molecule has 4 rings (SSSR count). The molecule has 136 valence electrons. The van der Waals surface area contributed by atoms with Crippen LogP contribution in [0.5, 0.6) is 0 Å². The third kappa shape index (κ3) is 3.82. The Labute approximate surface area is 158 Å². The van der Waals surface area contributed by atoms with Gasteiger partial charge in [0, 0.05) is 35.9 Å². The van der Waals surface area contributed by atoms with Gasteiger partial charge in [-0.25, -0.2) is 0 Å². The van der Waals surface area contributed by atoms with Crippen LogP contribution in [-0.4, -0.2) is 34.8 Å². The van der Waals surface area contributed by atoms with Gasteiger partial charge in [-0.15, -0.1) is 0 Å². The first-order valence-electron chi connectivity index (χ1n) is 9.22. The number of aromatic nitrogens is 1. The largest absolute Gasteiger partial charge is 0.339 e. The molecule has 1 fully saturated rings. The van der Waals surface area contributed by atoms with Crippen LogP contribution in [0.15, 0.2) is 60.8 Å². The summed E-state index contributed by atoms with van der Waals surface area (Å²) in [5.41, 5.74) is 3.09. The quantitative estimate of drug-likeness (QED) is 0.773. The zero-order valence-electron chi connectivity index (χ0n) is 15.0. The van der Waals surface area contributed by atoms with Crippen LogP contribution in [0, 0.1) is 0 Å². The van der Waals surface area contributed by atoms with Crippen LogP contribution in [0.4, 0.5) is 5.69 Å². The van der Waals surface area contributed by atoms with Crippen LogP contribution >= 0.6 is 0 Å². The van der Waals surface area contributed by atoms with E-state index in [9.17, 15) is 9.59 Å². The van der Waals surface area contributed by atoms with Crippen molar-refractivity contribution in [2.45, 2.75) is 19.3 Å². The van der Waals surface area contributed by atoms with Crippen LogP contribution in [-0.2, 0) is 11.2 Å². The molecule has 5 heteroatoms. The molecule has 0 saturated carbocycles. The average molecular weight is 359 g/mol. The lowest BCUT2D eigenvalue weighted by Crippen LogP contribution is -2.27. The van der Waals surface area contributed by atoms with Crippen molar-refractivity contribution in [2.75, 3.05) is 18.4 Å². The van der Waals surface area contributed by atoms with Gasteiger partial charge < -0.3 is 10.2 Å². The summed E-state index contributed by atoms with van der Waals surface area (Å²) in [6, 6.07) is 16.8. The standard InChI is InChI=1S/C22H21N3O2/c26-20(15-18-6-3-5-16-7-4-12-23-21(16)18)24-19-10-8-17(9-11-19)22(27)25-13-1-2-14-25/h3-12H,1-2,13-15H2,(H,24,26). The van der Waals surface area contributed by atoms with Gasteiger partial charge in [-0.2, -0.15) is 0 Å². The molecule has 0 unspecified atom stereocenters. The lowest BCUT2D eigenvalue weighted by molar-refractivity contribution is -0.115. The van der Waals surface area contributed by atoms with Gasteiger partial charge in [0.15, 0.2) is 0 Å². The smallest absolute Gasteiger partial charge is 0.253 e. The lowest BCUT2D eigenvalue weighted by Gasteiger charge is -2.15. The summed E-state index contributed by atoms with van der Waals surface area (Å²) in [7, 11) is 0. The molecular weight excluding hydrogens is 338 g/mol. The number of hydrogen-bond donors (Lipinski definition) is 1. The second-order valence-corrected chi connectivity index (χ2v) is 6.79. The minimum atomic E-state index is -0.105. The van der Waals surface area contributed by atoms with Crippen LogP contribution in [0.25, 0.3) is 10.9 Å². The summed E-state index contributed by atoms with van der Waals surface area (Å²) in [5, 5.41) is 3.92. The molecule has 0 bridgehead atoms. The van der Waals surface area contributed by atoms with E-state index in [0.29, 0.717) is 11.3 Å². The molecule has 0 atom stereocenters. The summed E-state index contributed by atoms with van der Waals surface area (Å²) in [5.74, 6) is -0.0426. The molecule has 2 heterocycles. The number of nitrogens with zero attached hydrogens (tertiary/aromatic N) is 2. The highest BCUT2D eigenvalue weighted by atomic mass is 16.2. The number of pyridine rings is 1. The van der Waals surface area contributed by atoms with Crippen molar-refractivity contribution in [1.82, 2.24) is 9.88 Å². The van der Waals surface area contributed by atoms with Crippen molar-refractivity contribution < 1.29 is 9.59 Å². The van der Waals surface area contributed by atoms with E-state index in [1.165, 1.54) is 0 Å². The molecule has 2 amide bonds. The second kappa shape index (κ2) is 7.58. The van der Waals surface area contributed by atoms with E-state index < -0.39 is 0 Å². The first-order chi connectivity index (χ1) is 13.2. The van der Waals surface area contributed by atoms with E-state index in [4.69, 9.17) is 0 Å². The first-order valence-corrected chi connectivity index (χ1v) is 9.22. The highest BCUT2D eigenvalue weighted by Gasteiger charge is 2.19. The van der Waals surface area contributed by atoms with Gasteiger partial charge >= 0.3 is 0 Å². The Morgan fingerprint density at radius 2 is 1.70 bits per heavy atom. The van der Waals surface area contributed by atoms with Crippen LogP contribution in [0.2, 0.25) is 0 Å². The van der Waals surface area contributed by atoms with E-state index in [1.54, 1.807) is 30.5 Å². The highest BCUT2D eigenvalue weighted by molar-refractivity contribution is 5.97. The van der Waals surface area contributed by atoms with E-state index >= 15 is 0 Å². The zero-order valence-corrected chi connectivity index (χ0v) is 15.0. The van der Waals surface area contributed by atoms with E-state index in [2.05, 4.69) is 10.3 Å². The normalized spacial score (nSPS) is 13.7. The van der Waals surface area contributed by atoms with E-state index in [0.717, 1.165) is 42.4 Å². The van der Waals surface area contributed by atoms with Gasteiger partial charge in [-0.3, -0.25) is 14.6 Å². The molecule has 3 aromatic rings. The number of para-hydroxylation sites is 1. The number of hydrogen-bond acceptors (Lipinski definition) is 3. The highest BCUT2D eigenvalue weighted by Crippen LogP contribution is 2.18. The predicted molar refractivity (Wildman–Crippen MR) is 106 cm³/mol. The summed E-state index contributed by atoms with van der Waals surface area (Å²) >= 11 is 0. The predicted octanol–water partition coefficient (Wildman–Crippen LogP) is 3.65. The van der Waals surface area contributed by atoms with Crippen molar-refractivity contribution in [3.63, 3.8) is 0 Å². The molecule has 1 saturated heterocycles. The second-order valence-electron chi connectivity index (χ2n) is 6.79. The first kappa shape index (κ1) is 17.2. The molecule has 0 radical (unpaired) electrons. The van der Waals surface area contributed by atoms with Gasteiger partial charge in [-0.1, -0.05) is 24.3 Å². The monoisotopic (exact) mass is 359 g/mol. The fourth-order valence-corrected chi connectivity index (χ4v) is 3.49. The maximum absolute atomic E-state index is 12.4. The van der Waals surface area contributed by atoms with E-state index in [-0.39, 0.29) is 18.2 Å². The topological polar surface area (TPSA) is 62.3 Å². The maximum Gasteiger partial charge on any atom is 0.253 e. The number of anilines is 1. The van der Waals surface area contributed by atoms with Gasteiger partial charge in [0.2, 0.25) is 5.91 Å². The Morgan fingerprint density at radius 1 is 0.963 bits per heavy atom. The molecule has 1 aliphatic heterocycles. The summed E-state index contributed by atoms with van der Waals surface area (Å²) in [6.45, 7) is 1.66. The number of amides is 2. The van der Waals surface area contributed by atoms with Crippen molar-refractivity contribution in [3.8, 4) is 0 Å². The number of rotatable bonds is 4. The Balaban J connectivity index is 1.42. The fourth-order valence-electron chi connectivity index (χ4n) is 3.49. The summed E-state index contributed by atoms with van der Waals surface area (Å²) in [4.78, 5) is 31.1. The molecule has 5 nitrogen and oxygen atoms in total. The Hall–Kier alpha value is -3.21. The molecule has 1 aromatic heterocycles. The lowest BCUT2D eigenvalue weighted by atomic mass is 10.1. The Kier molecular flexibility index (Phi) is 4.83. The minimum absolute atomic E-state index is 0.0622. The van der Waals surface area contributed by atoms with Gasteiger partial charge in [0.25, 0.3) is 5.91 Å². The van der Waals surface area contributed by atoms with Gasteiger partial charge in [-0.05, 0) is 48.7 Å². The molecular formula is C22H21N3O2. The molecule has 2 aromatic carbocycles. The van der Waals surface area contributed by atoms with Crippen LogP contribution < -0.4 is 5.32 Å². The molecule has 27 heavy (non-hydrogen) atoms. The average Bonchev–Trinajstić information content (AvgIpc) is 3.23. The zero-order chi connectivity index (χ0) is 18.6. The number of nitrogens with one attached hydrogen (secondary N) is 1. The maximum atomic E-state index is 12.4. The molecule has 1 aliphatic rings. The Morgan fingerprint density at radius 3 is 2.48 bits per heavy atom. The SMILES string of the molecule is O=C(Cc1cccc2cccnc12)Nc1ccc(C(=O)N2CCCC2)cc1. The van der Waals surface area contributed by atoms with Crippen LogP contribution in [0.3, 0.4) is 0 Å². The van der Waals surface area contributed by atoms with Crippen LogP contribution in [0.1, 0.15) is 28.8 Å². The minimum Gasteiger partial charge on any atom is -0.339 e.